The first-order valence-corrected chi connectivity index (χ1v) is 14.0. The Kier molecular flexibility index (Phi) is 7.53. The van der Waals surface area contributed by atoms with Crippen molar-refractivity contribution in [3.05, 3.63) is 71.8 Å². The van der Waals surface area contributed by atoms with Crippen LogP contribution >= 0.6 is 0 Å². The number of carbonyl (C=O) groups excluding carboxylic acids is 3. The number of rotatable bonds is 10. The van der Waals surface area contributed by atoms with E-state index >= 15 is 0 Å². The lowest BCUT2D eigenvalue weighted by molar-refractivity contribution is -0.150. The van der Waals surface area contributed by atoms with Crippen molar-refractivity contribution in [3.63, 3.8) is 0 Å². The molecule has 3 aliphatic heterocycles. The maximum Gasteiger partial charge on any atom is 0.246 e. The monoisotopic (exact) mass is 533 g/mol. The van der Waals surface area contributed by atoms with Gasteiger partial charge in [0, 0.05) is 13.1 Å². The van der Waals surface area contributed by atoms with Crippen LogP contribution in [0, 0.1) is 17.8 Å². The average Bonchev–Trinajstić information content (AvgIpc) is 3.46. The highest BCUT2D eigenvalue weighted by atomic mass is 16.5. The third-order valence-electron chi connectivity index (χ3n) is 9.06. The van der Waals surface area contributed by atoms with Gasteiger partial charge >= 0.3 is 0 Å². The SMILES string of the molecule is CCCNC(=O)[C@H]1[C@H]2C(=O)N([C@@H](CO)Cc3ccccc3)C(C(=O)NCc3ccccc3)C23CC(C)[C@]1(C)O3. The van der Waals surface area contributed by atoms with E-state index in [9.17, 15) is 19.5 Å². The predicted molar refractivity (Wildman–Crippen MR) is 146 cm³/mol. The van der Waals surface area contributed by atoms with Crippen LogP contribution in [0.4, 0.5) is 0 Å². The molecule has 2 aromatic rings. The molecule has 5 rings (SSSR count). The highest BCUT2D eigenvalue weighted by Gasteiger charge is 2.80. The topological polar surface area (TPSA) is 108 Å². The number of aliphatic hydroxyl groups excluding tert-OH is 1. The van der Waals surface area contributed by atoms with Gasteiger partial charge in [0.05, 0.1) is 30.1 Å². The van der Waals surface area contributed by atoms with Gasteiger partial charge in [0.15, 0.2) is 0 Å². The number of likely N-dealkylation sites (tertiary alicyclic amines) is 1. The van der Waals surface area contributed by atoms with Gasteiger partial charge in [-0.25, -0.2) is 0 Å². The highest BCUT2D eigenvalue weighted by molar-refractivity contribution is 5.99. The predicted octanol–water partition coefficient (Wildman–Crippen LogP) is 2.44. The van der Waals surface area contributed by atoms with E-state index < -0.39 is 35.1 Å². The second-order valence-corrected chi connectivity index (χ2v) is 11.5. The first-order valence-electron chi connectivity index (χ1n) is 14.0. The van der Waals surface area contributed by atoms with Gasteiger partial charge in [-0.2, -0.15) is 0 Å². The van der Waals surface area contributed by atoms with Crippen LogP contribution in [0.3, 0.4) is 0 Å². The first-order chi connectivity index (χ1) is 18.8. The zero-order chi connectivity index (χ0) is 27.8. The molecule has 3 saturated heterocycles. The molecule has 3 heterocycles. The summed E-state index contributed by atoms with van der Waals surface area (Å²) in [4.78, 5) is 43.5. The van der Waals surface area contributed by atoms with Crippen LogP contribution in [0.5, 0.6) is 0 Å². The molecular weight excluding hydrogens is 494 g/mol. The summed E-state index contributed by atoms with van der Waals surface area (Å²) in [6.07, 6.45) is 1.64. The number of nitrogens with zero attached hydrogens (tertiary/aromatic N) is 1. The minimum absolute atomic E-state index is 0.0370. The Bertz CT molecular complexity index is 1210. The van der Waals surface area contributed by atoms with Crippen LogP contribution < -0.4 is 10.6 Å². The second-order valence-electron chi connectivity index (χ2n) is 11.5. The lowest BCUT2D eigenvalue weighted by Crippen LogP contribution is -2.58. The Balaban J connectivity index is 1.54. The fraction of sp³-hybridized carbons (Fsp3) is 0.516. The van der Waals surface area contributed by atoms with E-state index in [-0.39, 0.29) is 30.2 Å². The van der Waals surface area contributed by atoms with Crippen molar-refractivity contribution < 1.29 is 24.2 Å². The Labute approximate surface area is 230 Å². The Morgan fingerprint density at radius 3 is 2.31 bits per heavy atom. The van der Waals surface area contributed by atoms with Gasteiger partial charge in [-0.3, -0.25) is 14.4 Å². The van der Waals surface area contributed by atoms with Crippen molar-refractivity contribution in [2.45, 2.75) is 69.9 Å². The van der Waals surface area contributed by atoms with Crippen molar-refractivity contribution in [2.24, 2.45) is 17.8 Å². The van der Waals surface area contributed by atoms with Crippen LogP contribution in [-0.4, -0.2) is 64.2 Å². The number of aliphatic hydroxyl groups is 1. The van der Waals surface area contributed by atoms with Crippen molar-refractivity contribution in [2.75, 3.05) is 13.2 Å². The van der Waals surface area contributed by atoms with E-state index in [0.717, 1.165) is 17.5 Å². The molecule has 7 atom stereocenters. The van der Waals surface area contributed by atoms with Gasteiger partial charge < -0.3 is 25.4 Å². The summed E-state index contributed by atoms with van der Waals surface area (Å²) >= 11 is 0. The number of hydrogen-bond acceptors (Lipinski definition) is 5. The molecule has 3 fully saturated rings. The lowest BCUT2D eigenvalue weighted by Gasteiger charge is -2.37. The summed E-state index contributed by atoms with van der Waals surface area (Å²) in [5.41, 5.74) is -0.126. The molecule has 208 valence electrons. The van der Waals surface area contributed by atoms with Gasteiger partial charge in [0.25, 0.3) is 0 Å². The quantitative estimate of drug-likeness (QED) is 0.435. The summed E-state index contributed by atoms with van der Waals surface area (Å²) in [5.74, 6) is -2.38. The summed E-state index contributed by atoms with van der Waals surface area (Å²) in [7, 11) is 0. The summed E-state index contributed by atoms with van der Waals surface area (Å²) < 4.78 is 6.76. The van der Waals surface area contributed by atoms with Crippen LogP contribution in [0.25, 0.3) is 0 Å². The Morgan fingerprint density at radius 1 is 1.05 bits per heavy atom. The molecule has 3 N–H and O–H groups in total. The molecule has 1 spiro atoms. The fourth-order valence-corrected chi connectivity index (χ4v) is 7.15. The normalized spacial score (nSPS) is 31.7. The van der Waals surface area contributed by atoms with Gasteiger partial charge in [-0.05, 0) is 43.2 Å². The van der Waals surface area contributed by atoms with E-state index in [0.29, 0.717) is 25.9 Å². The molecular formula is C31H39N3O5. The number of nitrogens with one attached hydrogen (secondary N) is 2. The summed E-state index contributed by atoms with van der Waals surface area (Å²) in [6, 6.07) is 17.6. The minimum atomic E-state index is -1.15. The standard InChI is InChI=1S/C31H39N3O5/c1-4-15-32-27(36)24-25-29(38)34(23(19-35)16-21-11-7-5-8-12-21)26(31(25)17-20(2)30(24,3)39-31)28(37)33-18-22-13-9-6-10-14-22/h5-14,20,23-26,35H,4,15-19H2,1-3H3,(H,32,36)(H,33,37)/t20?,23-,24-,25+,26?,30+,31?/m1/s1. The van der Waals surface area contributed by atoms with Crippen molar-refractivity contribution in [3.8, 4) is 0 Å². The largest absolute Gasteiger partial charge is 0.394 e. The van der Waals surface area contributed by atoms with Crippen molar-refractivity contribution in [1.29, 1.82) is 0 Å². The molecule has 3 amide bonds. The third kappa shape index (κ3) is 4.53. The van der Waals surface area contributed by atoms with Gasteiger partial charge in [-0.1, -0.05) is 74.5 Å². The molecule has 0 aliphatic carbocycles. The summed E-state index contributed by atoms with van der Waals surface area (Å²) in [5, 5.41) is 16.6. The molecule has 39 heavy (non-hydrogen) atoms. The van der Waals surface area contributed by atoms with Gasteiger partial charge in [0.1, 0.15) is 11.6 Å². The smallest absolute Gasteiger partial charge is 0.246 e. The number of hydrogen-bond donors (Lipinski definition) is 3. The number of fused-ring (bicyclic) bond motifs is 1. The van der Waals surface area contributed by atoms with Crippen LogP contribution in [-0.2, 0) is 32.1 Å². The molecule has 2 bridgehead atoms. The third-order valence-corrected chi connectivity index (χ3v) is 9.06. The van der Waals surface area contributed by atoms with E-state index in [4.69, 9.17) is 4.74 Å². The zero-order valence-corrected chi connectivity index (χ0v) is 22.9. The molecule has 0 radical (unpaired) electrons. The molecule has 3 aliphatic rings. The number of carbonyl (C=O) groups is 3. The van der Waals surface area contributed by atoms with Crippen LogP contribution in [0.15, 0.2) is 60.7 Å². The number of ether oxygens (including phenoxy) is 1. The van der Waals surface area contributed by atoms with Gasteiger partial charge in [0.2, 0.25) is 17.7 Å². The highest BCUT2D eigenvalue weighted by Crippen LogP contribution is 2.65. The van der Waals surface area contributed by atoms with Gasteiger partial charge in [-0.15, -0.1) is 0 Å². The Hall–Kier alpha value is -3.23. The zero-order valence-electron chi connectivity index (χ0n) is 22.9. The average molecular weight is 534 g/mol. The van der Waals surface area contributed by atoms with E-state index in [2.05, 4.69) is 10.6 Å². The molecule has 3 unspecified atom stereocenters. The van der Waals surface area contributed by atoms with Crippen LogP contribution in [0.2, 0.25) is 0 Å². The van der Waals surface area contributed by atoms with Crippen molar-refractivity contribution >= 4 is 17.7 Å². The molecule has 0 saturated carbocycles. The number of amides is 3. The van der Waals surface area contributed by atoms with E-state index in [1.807, 2.05) is 81.4 Å². The Morgan fingerprint density at radius 2 is 1.69 bits per heavy atom. The fourth-order valence-electron chi connectivity index (χ4n) is 7.15. The maximum absolute atomic E-state index is 14.4. The lowest BCUT2D eigenvalue weighted by atomic mass is 9.62. The first kappa shape index (κ1) is 27.3. The van der Waals surface area contributed by atoms with Crippen LogP contribution in [0.1, 0.15) is 44.7 Å². The van der Waals surface area contributed by atoms with E-state index in [1.165, 1.54) is 4.90 Å². The molecule has 8 heteroatoms. The molecule has 8 nitrogen and oxygen atoms in total. The molecule has 2 aromatic carbocycles. The van der Waals surface area contributed by atoms with Crippen molar-refractivity contribution in [1.82, 2.24) is 15.5 Å². The molecule has 0 aromatic heterocycles. The number of benzene rings is 2. The van der Waals surface area contributed by atoms with E-state index in [1.54, 1.807) is 0 Å². The maximum atomic E-state index is 14.4. The second kappa shape index (κ2) is 10.7. The summed E-state index contributed by atoms with van der Waals surface area (Å²) in [6.45, 7) is 6.41. The minimum Gasteiger partial charge on any atom is -0.394 e.